The van der Waals surface area contributed by atoms with Crippen LogP contribution in [0.25, 0.3) is 11.4 Å². The van der Waals surface area contributed by atoms with Crippen LogP contribution < -0.4 is 26.0 Å². The molecule has 3 aliphatic rings. The van der Waals surface area contributed by atoms with E-state index < -0.39 is 17.5 Å². The maximum atomic E-state index is 13.6. The molecule has 0 saturated carbocycles. The third-order valence-corrected chi connectivity index (χ3v) is 12.8. The largest absolute Gasteiger partial charge is 0.494 e. The van der Waals surface area contributed by atoms with Gasteiger partial charge in [-0.25, -0.2) is 0 Å². The normalized spacial score (nSPS) is 17.0. The molecular weight excluding hydrogens is 916 g/mol. The SMILES string of the molecule is C[C@H](NC(=O)c1cccc(NC2(c3nnc(-c4ccncc4)[nH]3)CCN(C)CC2)c1)c1cccc(OCCCCCOCCCOCC(=O)Nc2cccc3c2CN(C2CCC(=O)NC2=O)C3=O)c1.Cl. The van der Waals surface area contributed by atoms with Gasteiger partial charge < -0.3 is 44.9 Å². The van der Waals surface area contributed by atoms with E-state index in [1.165, 1.54) is 4.90 Å². The summed E-state index contributed by atoms with van der Waals surface area (Å²) in [7, 11) is 2.12. The minimum absolute atomic E-state index is 0. The lowest BCUT2D eigenvalue weighted by Gasteiger charge is -2.40. The van der Waals surface area contributed by atoms with Crippen molar-refractivity contribution in [3.8, 4) is 17.1 Å². The van der Waals surface area contributed by atoms with Crippen molar-refractivity contribution in [1.29, 1.82) is 0 Å². The number of H-pyrrole nitrogens is 1. The van der Waals surface area contributed by atoms with E-state index in [1.54, 1.807) is 30.6 Å². The number of benzene rings is 3. The van der Waals surface area contributed by atoms with Gasteiger partial charge in [-0.3, -0.25) is 34.3 Å². The third-order valence-electron chi connectivity index (χ3n) is 12.8. The first-order chi connectivity index (χ1) is 33.5. The van der Waals surface area contributed by atoms with Crippen LogP contribution in [0.5, 0.6) is 5.75 Å². The number of fused-ring (bicyclic) bond motifs is 1. The fourth-order valence-electron chi connectivity index (χ4n) is 8.88. The number of rotatable bonds is 22. The number of nitrogens with one attached hydrogen (secondary N) is 5. The molecular formula is C51H61ClN10O8. The van der Waals surface area contributed by atoms with Gasteiger partial charge in [0.05, 0.1) is 18.2 Å². The van der Waals surface area contributed by atoms with Crippen LogP contribution in [0.15, 0.2) is 91.3 Å². The Morgan fingerprint density at radius 2 is 1.63 bits per heavy atom. The summed E-state index contributed by atoms with van der Waals surface area (Å²) < 4.78 is 17.4. The molecule has 5 heterocycles. The number of carbonyl (C=O) groups excluding carboxylic acids is 5. The second-order valence-electron chi connectivity index (χ2n) is 17.8. The van der Waals surface area contributed by atoms with Gasteiger partial charge in [0.1, 0.15) is 18.4 Å². The number of piperidine rings is 2. The quantitative estimate of drug-likeness (QED) is 0.0387. The number of aromatic amines is 1. The highest BCUT2D eigenvalue weighted by Crippen LogP contribution is 2.36. The highest BCUT2D eigenvalue weighted by atomic mass is 35.5. The third kappa shape index (κ3) is 12.9. The van der Waals surface area contributed by atoms with Gasteiger partial charge in [0.15, 0.2) is 11.6 Å². The first-order valence-corrected chi connectivity index (χ1v) is 23.7. The number of pyridine rings is 1. The summed E-state index contributed by atoms with van der Waals surface area (Å²) in [6.45, 7) is 5.74. The monoisotopic (exact) mass is 976 g/mol. The topological polar surface area (TPSA) is 222 Å². The van der Waals surface area contributed by atoms with E-state index in [4.69, 9.17) is 14.2 Å². The average molecular weight is 978 g/mol. The average Bonchev–Trinajstić information content (AvgIpc) is 3.99. The lowest BCUT2D eigenvalue weighted by molar-refractivity contribution is -0.137. The molecule has 2 aromatic heterocycles. The van der Waals surface area contributed by atoms with Crippen molar-refractivity contribution < 1.29 is 38.2 Å². The zero-order valence-corrected chi connectivity index (χ0v) is 40.4. The molecule has 3 aliphatic heterocycles. The first kappa shape index (κ1) is 51.1. The van der Waals surface area contributed by atoms with E-state index in [1.807, 2.05) is 67.6 Å². The van der Waals surface area contributed by atoms with Gasteiger partial charge in [-0.15, -0.1) is 22.6 Å². The van der Waals surface area contributed by atoms with E-state index in [0.29, 0.717) is 61.1 Å². The predicted octanol–water partition coefficient (Wildman–Crippen LogP) is 6.18. The summed E-state index contributed by atoms with van der Waals surface area (Å²) in [6, 6.07) is 23.3. The summed E-state index contributed by atoms with van der Waals surface area (Å²) in [5.41, 5.74) is 4.29. The van der Waals surface area contributed by atoms with Crippen LogP contribution >= 0.6 is 12.4 Å². The molecule has 0 aliphatic carbocycles. The van der Waals surface area contributed by atoms with E-state index >= 15 is 0 Å². The number of imide groups is 1. The molecule has 370 valence electrons. The Morgan fingerprint density at radius 3 is 2.44 bits per heavy atom. The van der Waals surface area contributed by atoms with Crippen molar-refractivity contribution in [2.24, 2.45) is 0 Å². The van der Waals surface area contributed by atoms with Crippen LogP contribution in [0, 0.1) is 0 Å². The molecule has 2 saturated heterocycles. The second-order valence-corrected chi connectivity index (χ2v) is 17.8. The molecule has 8 rings (SSSR count). The van der Waals surface area contributed by atoms with Gasteiger partial charge in [-0.2, -0.15) is 0 Å². The maximum absolute atomic E-state index is 13.6. The zero-order valence-electron chi connectivity index (χ0n) is 39.5. The molecule has 5 N–H and O–H groups in total. The van der Waals surface area contributed by atoms with E-state index in [2.05, 4.69) is 53.4 Å². The number of carbonyl (C=O) groups is 5. The Kier molecular flexibility index (Phi) is 17.7. The summed E-state index contributed by atoms with van der Waals surface area (Å²) >= 11 is 0. The highest BCUT2D eigenvalue weighted by Gasteiger charge is 2.41. The lowest BCUT2D eigenvalue weighted by Crippen LogP contribution is -2.52. The number of anilines is 2. The molecule has 3 aromatic carbocycles. The molecule has 70 heavy (non-hydrogen) atoms. The van der Waals surface area contributed by atoms with Gasteiger partial charge in [0, 0.05) is 91.9 Å². The van der Waals surface area contributed by atoms with Gasteiger partial charge in [0.25, 0.3) is 11.8 Å². The molecule has 0 spiro atoms. The molecule has 18 nitrogen and oxygen atoms in total. The molecule has 0 radical (unpaired) electrons. The maximum Gasteiger partial charge on any atom is 0.255 e. The number of hydrogen-bond acceptors (Lipinski definition) is 13. The van der Waals surface area contributed by atoms with Crippen LogP contribution in [0.3, 0.4) is 0 Å². The van der Waals surface area contributed by atoms with Crippen LogP contribution in [0.4, 0.5) is 11.4 Å². The van der Waals surface area contributed by atoms with E-state index in [0.717, 1.165) is 73.6 Å². The lowest BCUT2D eigenvalue weighted by atomic mass is 9.86. The Balaban J connectivity index is 0.00000722. The van der Waals surface area contributed by atoms with Gasteiger partial charge in [0.2, 0.25) is 17.7 Å². The molecule has 5 aromatic rings. The fraction of sp³-hybridized carbons (Fsp3) is 0.412. The number of halogens is 1. The second kappa shape index (κ2) is 24.2. The Hall–Kier alpha value is -6.73. The van der Waals surface area contributed by atoms with Crippen molar-refractivity contribution in [1.82, 2.24) is 40.6 Å². The number of ether oxygens (including phenoxy) is 3. The Bertz CT molecular complexity index is 2610. The van der Waals surface area contributed by atoms with E-state index in [-0.39, 0.29) is 68.1 Å². The zero-order chi connectivity index (χ0) is 48.2. The van der Waals surface area contributed by atoms with Crippen LogP contribution in [0.1, 0.15) is 102 Å². The number of unbranched alkanes of at least 4 members (excludes halogenated alkanes) is 2. The summed E-state index contributed by atoms with van der Waals surface area (Å²) in [5.74, 6) is 0.531. The predicted molar refractivity (Wildman–Crippen MR) is 264 cm³/mol. The molecule has 19 heteroatoms. The number of hydrogen-bond donors (Lipinski definition) is 5. The van der Waals surface area contributed by atoms with Crippen molar-refractivity contribution in [3.05, 3.63) is 119 Å². The van der Waals surface area contributed by atoms with Crippen LogP contribution in [-0.2, 0) is 35.9 Å². The minimum Gasteiger partial charge on any atom is -0.494 e. The Morgan fingerprint density at radius 1 is 0.871 bits per heavy atom. The highest BCUT2D eigenvalue weighted by molar-refractivity contribution is 6.07. The molecule has 1 unspecified atom stereocenters. The van der Waals surface area contributed by atoms with Crippen molar-refractivity contribution in [2.45, 2.75) is 82.5 Å². The van der Waals surface area contributed by atoms with Gasteiger partial charge in [-0.1, -0.05) is 24.3 Å². The molecule has 2 fully saturated rings. The van der Waals surface area contributed by atoms with Crippen molar-refractivity contribution in [3.63, 3.8) is 0 Å². The summed E-state index contributed by atoms with van der Waals surface area (Å²) in [6.07, 6.45) is 8.81. The van der Waals surface area contributed by atoms with Crippen LogP contribution in [-0.4, -0.2) is 119 Å². The number of likely N-dealkylation sites (tertiary alicyclic amines) is 1. The summed E-state index contributed by atoms with van der Waals surface area (Å²) in [4.78, 5) is 74.7. The minimum atomic E-state index is -0.731. The summed E-state index contributed by atoms with van der Waals surface area (Å²) in [5, 5.41) is 21.1. The molecule has 5 amide bonds. The smallest absolute Gasteiger partial charge is 0.255 e. The van der Waals surface area contributed by atoms with Gasteiger partial charge in [-0.05, 0) is 119 Å². The van der Waals surface area contributed by atoms with Gasteiger partial charge >= 0.3 is 0 Å². The molecule has 2 atom stereocenters. The number of aromatic nitrogens is 4. The van der Waals surface area contributed by atoms with Crippen molar-refractivity contribution >= 4 is 53.3 Å². The van der Waals surface area contributed by atoms with Crippen LogP contribution in [0.2, 0.25) is 0 Å². The standard InChI is InChI=1S/C51H60N10O8.ClH/c1-34(53-47(64)37-11-6-12-38(30-37)57-51(20-24-60(2)25-21-51)50-56-46(58-59-50)35-18-22-52-23-19-35)36-10-7-13-39(31-36)69-29-5-3-4-26-67-27-9-28-68-33-45(63)54-42-15-8-14-40-41(42)32-61(49(40)66)43-16-17-44(62)55-48(43)65;/h6-8,10-15,18-19,22-23,30-31,34,43,57H,3-5,9,16-17,20-21,24-29,32-33H2,1-2H3,(H,53,64)(H,54,63)(H,55,62,65)(H,56,58,59);1H/t34-,43?;/m0./s1. The number of amides is 5. The Labute approximate surface area is 413 Å². The van der Waals surface area contributed by atoms with Crippen molar-refractivity contribution in [2.75, 3.05) is 63.8 Å². The van der Waals surface area contributed by atoms with E-state index in [9.17, 15) is 24.0 Å². The first-order valence-electron chi connectivity index (χ1n) is 23.7. The fourth-order valence-corrected chi connectivity index (χ4v) is 8.88. The number of nitrogens with zero attached hydrogens (tertiary/aromatic N) is 5. The molecule has 0 bridgehead atoms.